The van der Waals surface area contributed by atoms with Gasteiger partial charge in [-0.25, -0.2) is 4.98 Å². The van der Waals surface area contributed by atoms with Crippen molar-refractivity contribution in [2.75, 3.05) is 5.75 Å². The third kappa shape index (κ3) is 2.90. The molecule has 0 fully saturated rings. The van der Waals surface area contributed by atoms with Gasteiger partial charge >= 0.3 is 0 Å². The van der Waals surface area contributed by atoms with E-state index in [1.807, 2.05) is 42.8 Å². The van der Waals surface area contributed by atoms with Crippen LogP contribution in [0.3, 0.4) is 0 Å². The van der Waals surface area contributed by atoms with Crippen LogP contribution in [0.15, 0.2) is 47.6 Å². The van der Waals surface area contributed by atoms with Gasteiger partial charge in [-0.1, -0.05) is 30.0 Å². The molecule has 0 bridgehead atoms. The smallest absolute Gasteiger partial charge is 0.287 e. The SMILES string of the molecule is Cc1c(C(=O)CSc2ccc([N+](=O)[O-])cn2)c2ccccc2n1C. The molecule has 7 heteroatoms. The normalized spacial score (nSPS) is 10.9. The van der Waals surface area contributed by atoms with Crippen LogP contribution >= 0.6 is 11.8 Å². The van der Waals surface area contributed by atoms with Crippen LogP contribution in [0.2, 0.25) is 0 Å². The highest BCUT2D eigenvalue weighted by atomic mass is 32.2. The molecule has 0 saturated heterocycles. The maximum Gasteiger partial charge on any atom is 0.287 e. The number of benzene rings is 1. The molecule has 0 spiro atoms. The molecule has 0 radical (unpaired) electrons. The Kier molecular flexibility index (Phi) is 4.35. The summed E-state index contributed by atoms with van der Waals surface area (Å²) in [5.41, 5.74) is 2.62. The van der Waals surface area contributed by atoms with Gasteiger partial charge in [0, 0.05) is 35.3 Å². The molecule has 0 aliphatic heterocycles. The van der Waals surface area contributed by atoms with Gasteiger partial charge in [0.25, 0.3) is 5.69 Å². The Morgan fingerprint density at radius 3 is 2.71 bits per heavy atom. The summed E-state index contributed by atoms with van der Waals surface area (Å²) in [7, 11) is 1.94. The molecule has 0 aliphatic rings. The average molecular weight is 341 g/mol. The van der Waals surface area contributed by atoms with E-state index in [0.717, 1.165) is 22.2 Å². The number of Topliss-reactive ketones (excluding diaryl/α,β-unsaturated/α-hetero) is 1. The second-order valence-corrected chi connectivity index (χ2v) is 6.36. The van der Waals surface area contributed by atoms with Crippen molar-refractivity contribution in [2.45, 2.75) is 11.9 Å². The maximum absolute atomic E-state index is 12.7. The van der Waals surface area contributed by atoms with Gasteiger partial charge in [0.05, 0.1) is 15.7 Å². The van der Waals surface area contributed by atoms with E-state index in [2.05, 4.69) is 4.98 Å². The molecular weight excluding hydrogens is 326 g/mol. The van der Waals surface area contributed by atoms with E-state index in [-0.39, 0.29) is 17.2 Å². The number of pyridine rings is 1. The molecule has 3 rings (SSSR count). The number of para-hydroxylation sites is 1. The molecule has 2 heterocycles. The predicted octanol–water partition coefficient (Wildman–Crippen LogP) is 3.76. The van der Waals surface area contributed by atoms with Gasteiger partial charge in [-0.05, 0) is 19.1 Å². The molecule has 1 aromatic carbocycles. The minimum Gasteiger partial charge on any atom is -0.347 e. The molecule has 122 valence electrons. The number of fused-ring (bicyclic) bond motifs is 1. The number of rotatable bonds is 5. The van der Waals surface area contributed by atoms with Gasteiger partial charge in [-0.15, -0.1) is 0 Å². The highest BCUT2D eigenvalue weighted by Gasteiger charge is 2.18. The summed E-state index contributed by atoms with van der Waals surface area (Å²) < 4.78 is 2.01. The van der Waals surface area contributed by atoms with Gasteiger partial charge in [-0.2, -0.15) is 0 Å². The van der Waals surface area contributed by atoms with E-state index in [0.29, 0.717) is 5.03 Å². The number of nitrogens with zero attached hydrogens (tertiary/aromatic N) is 3. The molecule has 6 nitrogen and oxygen atoms in total. The van der Waals surface area contributed by atoms with Crippen LogP contribution in [0, 0.1) is 17.0 Å². The standard InChI is InChI=1S/C17H15N3O3S/c1-11-17(13-5-3-4-6-14(13)19(11)2)15(21)10-24-16-8-7-12(9-18-16)20(22)23/h3-9H,10H2,1-2H3. The molecule has 0 saturated carbocycles. The Bertz CT molecular complexity index is 932. The molecule has 2 aromatic heterocycles. The summed E-state index contributed by atoms with van der Waals surface area (Å²) in [4.78, 5) is 26.8. The van der Waals surface area contributed by atoms with Gasteiger partial charge in [0.2, 0.25) is 0 Å². The quantitative estimate of drug-likeness (QED) is 0.305. The first-order valence-corrected chi connectivity index (χ1v) is 8.28. The molecule has 0 unspecified atom stereocenters. The van der Waals surface area contributed by atoms with Crippen molar-refractivity contribution in [3.05, 3.63) is 64.0 Å². The number of hydrogen-bond donors (Lipinski definition) is 0. The summed E-state index contributed by atoms with van der Waals surface area (Å²) in [6, 6.07) is 10.8. The lowest BCUT2D eigenvalue weighted by Crippen LogP contribution is -2.05. The van der Waals surface area contributed by atoms with Gasteiger partial charge in [0.15, 0.2) is 5.78 Å². The van der Waals surface area contributed by atoms with Crippen molar-refractivity contribution in [1.29, 1.82) is 0 Å². The fourth-order valence-corrected chi connectivity index (χ4v) is 3.37. The second-order valence-electron chi connectivity index (χ2n) is 5.36. The minimum atomic E-state index is -0.494. The number of aromatic nitrogens is 2. The van der Waals surface area contributed by atoms with E-state index in [1.54, 1.807) is 6.07 Å². The van der Waals surface area contributed by atoms with Gasteiger partial charge in [-0.3, -0.25) is 14.9 Å². The summed E-state index contributed by atoms with van der Waals surface area (Å²) in [5.74, 6) is 0.258. The fraction of sp³-hybridized carbons (Fsp3) is 0.176. The van der Waals surface area contributed by atoms with Crippen molar-refractivity contribution in [3.8, 4) is 0 Å². The first-order chi connectivity index (χ1) is 11.5. The van der Waals surface area contributed by atoms with Crippen molar-refractivity contribution < 1.29 is 9.72 Å². The first kappa shape index (κ1) is 16.2. The summed E-state index contributed by atoms with van der Waals surface area (Å²) in [6.45, 7) is 1.93. The topological polar surface area (TPSA) is 78.0 Å². The molecule has 3 aromatic rings. The third-order valence-electron chi connectivity index (χ3n) is 3.96. The second kappa shape index (κ2) is 6.45. The summed E-state index contributed by atoms with van der Waals surface area (Å²) >= 11 is 1.28. The van der Waals surface area contributed by atoms with E-state index in [1.165, 1.54) is 24.0 Å². The van der Waals surface area contributed by atoms with Crippen LogP contribution in [0.4, 0.5) is 5.69 Å². The molecule has 24 heavy (non-hydrogen) atoms. The lowest BCUT2D eigenvalue weighted by Gasteiger charge is -2.02. The zero-order valence-electron chi connectivity index (χ0n) is 13.2. The van der Waals surface area contributed by atoms with Crippen LogP contribution in [0.5, 0.6) is 0 Å². The Morgan fingerprint density at radius 2 is 2.04 bits per heavy atom. The number of nitro groups is 1. The Balaban J connectivity index is 1.81. The van der Waals surface area contributed by atoms with Crippen LogP contribution in [-0.4, -0.2) is 26.0 Å². The fourth-order valence-electron chi connectivity index (χ4n) is 2.65. The number of hydrogen-bond acceptors (Lipinski definition) is 5. The Hall–Kier alpha value is -2.67. The summed E-state index contributed by atoms with van der Waals surface area (Å²) in [6.07, 6.45) is 1.20. The van der Waals surface area contributed by atoms with E-state index < -0.39 is 4.92 Å². The third-order valence-corrected chi connectivity index (χ3v) is 4.90. The average Bonchev–Trinajstić information content (AvgIpc) is 2.85. The zero-order valence-corrected chi connectivity index (χ0v) is 14.0. The highest BCUT2D eigenvalue weighted by Crippen LogP contribution is 2.27. The predicted molar refractivity (Wildman–Crippen MR) is 93.6 cm³/mol. The highest BCUT2D eigenvalue weighted by molar-refractivity contribution is 7.99. The van der Waals surface area contributed by atoms with Crippen molar-refractivity contribution in [1.82, 2.24) is 9.55 Å². The van der Waals surface area contributed by atoms with Crippen LogP contribution in [0.25, 0.3) is 10.9 Å². The number of aryl methyl sites for hydroxylation is 1. The number of ketones is 1. The lowest BCUT2D eigenvalue weighted by molar-refractivity contribution is -0.385. The molecule has 0 amide bonds. The van der Waals surface area contributed by atoms with E-state index >= 15 is 0 Å². The summed E-state index contributed by atoms with van der Waals surface area (Å²) in [5, 5.41) is 12.2. The number of carbonyl (C=O) groups excluding carboxylic acids is 1. The van der Waals surface area contributed by atoms with Gasteiger partial charge in [0.1, 0.15) is 6.20 Å². The monoisotopic (exact) mass is 341 g/mol. The number of carbonyl (C=O) groups is 1. The maximum atomic E-state index is 12.7. The van der Waals surface area contributed by atoms with Crippen LogP contribution in [-0.2, 0) is 7.05 Å². The molecule has 0 N–H and O–H groups in total. The van der Waals surface area contributed by atoms with E-state index in [4.69, 9.17) is 0 Å². The van der Waals surface area contributed by atoms with Crippen molar-refractivity contribution in [3.63, 3.8) is 0 Å². The van der Waals surface area contributed by atoms with Gasteiger partial charge < -0.3 is 4.57 Å². The largest absolute Gasteiger partial charge is 0.347 e. The van der Waals surface area contributed by atoms with Crippen LogP contribution < -0.4 is 0 Å². The van der Waals surface area contributed by atoms with Crippen molar-refractivity contribution in [2.24, 2.45) is 7.05 Å². The van der Waals surface area contributed by atoms with Crippen molar-refractivity contribution >= 4 is 34.1 Å². The Morgan fingerprint density at radius 1 is 1.29 bits per heavy atom. The molecule has 0 aliphatic carbocycles. The lowest BCUT2D eigenvalue weighted by atomic mass is 10.1. The minimum absolute atomic E-state index is 0.0226. The zero-order chi connectivity index (χ0) is 17.3. The van der Waals surface area contributed by atoms with E-state index in [9.17, 15) is 14.9 Å². The number of thioether (sulfide) groups is 1. The molecule has 0 atom stereocenters. The first-order valence-electron chi connectivity index (χ1n) is 7.29. The van der Waals surface area contributed by atoms with Crippen LogP contribution in [0.1, 0.15) is 16.1 Å². The Labute approximate surface area is 142 Å². The molecular formula is C17H15N3O3S.